The van der Waals surface area contributed by atoms with E-state index in [0.29, 0.717) is 13.2 Å². The normalized spacial score (nSPS) is 9.69. The van der Waals surface area contributed by atoms with Crippen molar-refractivity contribution in [3.63, 3.8) is 0 Å². The van der Waals surface area contributed by atoms with Gasteiger partial charge in [0, 0.05) is 25.9 Å². The summed E-state index contributed by atoms with van der Waals surface area (Å²) in [5.41, 5.74) is 1.05. The topological polar surface area (TPSA) is 30.5 Å². The van der Waals surface area contributed by atoms with Gasteiger partial charge < -0.3 is 14.8 Å². The van der Waals surface area contributed by atoms with Crippen molar-refractivity contribution in [3.05, 3.63) is 24.3 Å². The van der Waals surface area contributed by atoms with E-state index in [1.165, 1.54) is 0 Å². The molecule has 0 radical (unpaired) electrons. The van der Waals surface area contributed by atoms with Crippen LogP contribution in [-0.4, -0.2) is 27.4 Å². The molecular formula is C10H15NO2. The van der Waals surface area contributed by atoms with Crippen molar-refractivity contribution in [1.82, 2.24) is 0 Å². The fourth-order valence-corrected chi connectivity index (χ4v) is 0.984. The van der Waals surface area contributed by atoms with Crippen molar-refractivity contribution >= 4 is 5.69 Å². The van der Waals surface area contributed by atoms with Crippen LogP contribution < -0.4 is 10.1 Å². The van der Waals surface area contributed by atoms with Crippen molar-refractivity contribution < 1.29 is 9.47 Å². The molecule has 1 aromatic rings. The zero-order valence-electron chi connectivity index (χ0n) is 8.04. The third-order valence-electron chi connectivity index (χ3n) is 1.68. The van der Waals surface area contributed by atoms with Crippen molar-refractivity contribution in [2.75, 3.05) is 32.7 Å². The lowest BCUT2D eigenvalue weighted by Crippen LogP contribution is -2.04. The summed E-state index contributed by atoms with van der Waals surface area (Å²) in [4.78, 5) is 0. The number of hydrogen-bond donors (Lipinski definition) is 1. The van der Waals surface area contributed by atoms with Gasteiger partial charge in [0.2, 0.25) is 0 Å². The highest BCUT2D eigenvalue weighted by Gasteiger charge is 1.94. The molecule has 13 heavy (non-hydrogen) atoms. The molecule has 0 unspecified atom stereocenters. The van der Waals surface area contributed by atoms with Crippen molar-refractivity contribution in [3.8, 4) is 5.75 Å². The summed E-state index contributed by atoms with van der Waals surface area (Å²) in [5.74, 6) is 0.865. The molecule has 0 saturated carbocycles. The van der Waals surface area contributed by atoms with Crippen LogP contribution in [-0.2, 0) is 4.74 Å². The molecule has 1 N–H and O–H groups in total. The van der Waals surface area contributed by atoms with Crippen LogP contribution in [0.2, 0.25) is 0 Å². The smallest absolute Gasteiger partial charge is 0.121 e. The largest absolute Gasteiger partial charge is 0.491 e. The number of nitrogens with one attached hydrogen (secondary N) is 1. The van der Waals surface area contributed by atoms with E-state index in [2.05, 4.69) is 5.32 Å². The van der Waals surface area contributed by atoms with E-state index in [0.717, 1.165) is 11.4 Å². The van der Waals surface area contributed by atoms with Gasteiger partial charge in [0.25, 0.3) is 0 Å². The minimum Gasteiger partial charge on any atom is -0.491 e. The molecule has 0 saturated heterocycles. The first kappa shape index (κ1) is 9.86. The molecule has 1 rings (SSSR count). The van der Waals surface area contributed by atoms with Crippen LogP contribution in [0.4, 0.5) is 5.69 Å². The number of hydrogen-bond acceptors (Lipinski definition) is 3. The number of benzene rings is 1. The van der Waals surface area contributed by atoms with Crippen LogP contribution in [0, 0.1) is 0 Å². The second-order valence-electron chi connectivity index (χ2n) is 2.62. The van der Waals surface area contributed by atoms with Gasteiger partial charge in [-0.15, -0.1) is 0 Å². The molecule has 0 heterocycles. The maximum atomic E-state index is 5.42. The highest BCUT2D eigenvalue weighted by atomic mass is 16.5. The average molecular weight is 181 g/mol. The molecule has 72 valence electrons. The molecule has 0 bridgehead atoms. The van der Waals surface area contributed by atoms with E-state index < -0.39 is 0 Å². The molecule has 0 atom stereocenters. The fourth-order valence-electron chi connectivity index (χ4n) is 0.984. The highest BCUT2D eigenvalue weighted by Crippen LogP contribution is 2.16. The molecule has 0 aliphatic heterocycles. The SMILES string of the molecule is CNc1cccc(OCCOC)c1. The second-order valence-corrected chi connectivity index (χ2v) is 2.62. The Kier molecular flexibility index (Phi) is 4.12. The molecule has 0 amide bonds. The standard InChI is InChI=1S/C10H15NO2/c1-11-9-4-3-5-10(8-9)13-7-6-12-2/h3-5,8,11H,6-7H2,1-2H3. The fraction of sp³-hybridized carbons (Fsp3) is 0.400. The summed E-state index contributed by atoms with van der Waals surface area (Å²) in [6.45, 7) is 1.20. The molecule has 3 nitrogen and oxygen atoms in total. The lowest BCUT2D eigenvalue weighted by molar-refractivity contribution is 0.146. The van der Waals surface area contributed by atoms with Gasteiger partial charge in [0.15, 0.2) is 0 Å². The van der Waals surface area contributed by atoms with Crippen LogP contribution in [0.1, 0.15) is 0 Å². The third kappa shape index (κ3) is 3.34. The van der Waals surface area contributed by atoms with Gasteiger partial charge in [0.1, 0.15) is 12.4 Å². The Hall–Kier alpha value is -1.22. The lowest BCUT2D eigenvalue weighted by atomic mass is 10.3. The van der Waals surface area contributed by atoms with E-state index in [-0.39, 0.29) is 0 Å². The van der Waals surface area contributed by atoms with Crippen molar-refractivity contribution in [1.29, 1.82) is 0 Å². The zero-order valence-corrected chi connectivity index (χ0v) is 8.04. The minimum absolute atomic E-state index is 0.587. The summed E-state index contributed by atoms with van der Waals surface area (Å²) < 4.78 is 10.3. The summed E-state index contributed by atoms with van der Waals surface area (Å²) in [6.07, 6.45) is 0. The van der Waals surface area contributed by atoms with E-state index >= 15 is 0 Å². The predicted octanol–water partition coefficient (Wildman–Crippen LogP) is 1.75. The van der Waals surface area contributed by atoms with Crippen molar-refractivity contribution in [2.24, 2.45) is 0 Å². The van der Waals surface area contributed by atoms with Crippen LogP contribution >= 0.6 is 0 Å². The number of ether oxygens (including phenoxy) is 2. The number of rotatable bonds is 5. The molecule has 0 aliphatic rings. The zero-order chi connectivity index (χ0) is 9.52. The summed E-state index contributed by atoms with van der Waals surface area (Å²) in [7, 11) is 3.54. The van der Waals surface area contributed by atoms with E-state index in [1.54, 1.807) is 7.11 Å². The Morgan fingerprint density at radius 1 is 1.31 bits per heavy atom. The van der Waals surface area contributed by atoms with Gasteiger partial charge in [-0.05, 0) is 12.1 Å². The van der Waals surface area contributed by atoms with Gasteiger partial charge in [-0.25, -0.2) is 0 Å². The summed E-state index contributed by atoms with van der Waals surface area (Å²) in [5, 5.41) is 3.05. The molecule has 0 aliphatic carbocycles. The molecule has 0 fully saturated rings. The average Bonchev–Trinajstić information content (AvgIpc) is 2.19. The van der Waals surface area contributed by atoms with E-state index in [4.69, 9.17) is 9.47 Å². The Balaban J connectivity index is 2.46. The molecule has 3 heteroatoms. The van der Waals surface area contributed by atoms with E-state index in [9.17, 15) is 0 Å². The minimum atomic E-state index is 0.587. The maximum absolute atomic E-state index is 5.42. The number of anilines is 1. The van der Waals surface area contributed by atoms with Crippen LogP contribution in [0.3, 0.4) is 0 Å². The maximum Gasteiger partial charge on any atom is 0.121 e. The quantitative estimate of drug-likeness (QED) is 0.702. The van der Waals surface area contributed by atoms with Gasteiger partial charge >= 0.3 is 0 Å². The third-order valence-corrected chi connectivity index (χ3v) is 1.68. The van der Waals surface area contributed by atoms with Crippen molar-refractivity contribution in [2.45, 2.75) is 0 Å². The molecular weight excluding hydrogens is 166 g/mol. The molecule has 1 aromatic carbocycles. The Morgan fingerprint density at radius 3 is 2.85 bits per heavy atom. The summed E-state index contributed by atoms with van der Waals surface area (Å²) in [6, 6.07) is 7.82. The Labute approximate surface area is 78.7 Å². The van der Waals surface area contributed by atoms with Crippen LogP contribution in [0.25, 0.3) is 0 Å². The Bertz CT molecular complexity index is 250. The second kappa shape index (κ2) is 5.43. The Morgan fingerprint density at radius 2 is 2.15 bits per heavy atom. The van der Waals surface area contributed by atoms with Gasteiger partial charge in [0.05, 0.1) is 6.61 Å². The highest BCUT2D eigenvalue weighted by molar-refractivity contribution is 5.47. The first-order valence-electron chi connectivity index (χ1n) is 4.26. The summed E-state index contributed by atoms with van der Waals surface area (Å²) >= 11 is 0. The first-order valence-corrected chi connectivity index (χ1v) is 4.26. The molecule has 0 aromatic heterocycles. The predicted molar refractivity (Wildman–Crippen MR) is 53.4 cm³/mol. The van der Waals surface area contributed by atoms with E-state index in [1.807, 2.05) is 31.3 Å². The monoisotopic (exact) mass is 181 g/mol. The number of methoxy groups -OCH3 is 1. The lowest BCUT2D eigenvalue weighted by Gasteiger charge is -2.06. The first-order chi connectivity index (χ1) is 6.36. The molecule has 0 spiro atoms. The van der Waals surface area contributed by atoms with Crippen LogP contribution in [0.15, 0.2) is 24.3 Å². The van der Waals surface area contributed by atoms with Gasteiger partial charge in [-0.2, -0.15) is 0 Å². The van der Waals surface area contributed by atoms with Gasteiger partial charge in [-0.1, -0.05) is 6.07 Å². The van der Waals surface area contributed by atoms with Gasteiger partial charge in [-0.3, -0.25) is 0 Å². The van der Waals surface area contributed by atoms with Crippen LogP contribution in [0.5, 0.6) is 5.75 Å².